The Labute approximate surface area is 215 Å². The van der Waals surface area contributed by atoms with Gasteiger partial charge in [0, 0.05) is 31.2 Å². The second kappa shape index (κ2) is 9.41. The normalized spacial score (nSPS) is 18.4. The van der Waals surface area contributed by atoms with Gasteiger partial charge in [0.25, 0.3) is 0 Å². The molecule has 0 bridgehead atoms. The monoisotopic (exact) mass is 507 g/mol. The molecule has 1 aromatic carbocycles. The van der Waals surface area contributed by atoms with E-state index in [1.165, 1.54) is 6.07 Å². The van der Waals surface area contributed by atoms with Crippen molar-refractivity contribution in [3.63, 3.8) is 0 Å². The van der Waals surface area contributed by atoms with Gasteiger partial charge in [0.15, 0.2) is 17.4 Å². The molecule has 0 amide bonds. The fourth-order valence-corrected chi connectivity index (χ4v) is 5.03. The van der Waals surface area contributed by atoms with E-state index in [1.807, 2.05) is 18.3 Å². The second-order valence-electron chi connectivity index (χ2n) is 10.3. The van der Waals surface area contributed by atoms with E-state index in [0.717, 1.165) is 57.3 Å². The van der Waals surface area contributed by atoms with E-state index in [2.05, 4.69) is 49.2 Å². The second-order valence-corrected chi connectivity index (χ2v) is 10.3. The quantitative estimate of drug-likeness (QED) is 0.523. The highest BCUT2D eigenvalue weighted by molar-refractivity contribution is 5.73. The lowest BCUT2D eigenvalue weighted by Crippen LogP contribution is -2.45. The van der Waals surface area contributed by atoms with Gasteiger partial charge in [-0.25, -0.2) is 23.7 Å². The number of rotatable bonds is 5. The molecular formula is C27H31F2N7O. The molecule has 4 heterocycles. The van der Waals surface area contributed by atoms with Gasteiger partial charge in [-0.3, -0.25) is 0 Å². The van der Waals surface area contributed by atoms with Crippen molar-refractivity contribution in [2.75, 3.05) is 47.8 Å². The summed E-state index contributed by atoms with van der Waals surface area (Å²) in [5.74, 6) is -0.187. The summed E-state index contributed by atoms with van der Waals surface area (Å²) < 4.78 is 36.2. The third-order valence-electron chi connectivity index (χ3n) is 7.25. The highest BCUT2D eigenvalue weighted by Gasteiger charge is 2.51. The minimum atomic E-state index is -0.630. The van der Waals surface area contributed by atoms with Crippen molar-refractivity contribution in [2.24, 2.45) is 0 Å². The minimum absolute atomic E-state index is 0.0169. The lowest BCUT2D eigenvalue weighted by atomic mass is 10.0. The van der Waals surface area contributed by atoms with E-state index < -0.39 is 11.6 Å². The number of aromatic nitrogens is 3. The number of pyridine rings is 1. The molecule has 2 fully saturated rings. The Bertz CT molecular complexity index is 1290. The predicted octanol–water partition coefficient (Wildman–Crippen LogP) is 4.50. The molecule has 0 atom stereocenters. The highest BCUT2D eigenvalue weighted by atomic mass is 19.1. The summed E-state index contributed by atoms with van der Waals surface area (Å²) in [4.78, 5) is 17.4. The zero-order valence-electron chi connectivity index (χ0n) is 21.1. The van der Waals surface area contributed by atoms with Crippen LogP contribution in [0.4, 0.5) is 31.9 Å². The topological polar surface area (TPSA) is 78.4 Å². The molecule has 37 heavy (non-hydrogen) atoms. The number of halogens is 2. The summed E-state index contributed by atoms with van der Waals surface area (Å²) in [6.07, 6.45) is 5.81. The average molecular weight is 508 g/mol. The number of nitrogens with one attached hydrogen (secondary N) is 2. The smallest absolute Gasteiger partial charge is 0.229 e. The van der Waals surface area contributed by atoms with Crippen LogP contribution in [-0.2, 0) is 0 Å². The maximum Gasteiger partial charge on any atom is 0.229 e. The van der Waals surface area contributed by atoms with Crippen LogP contribution >= 0.6 is 0 Å². The molecule has 6 rings (SSSR count). The van der Waals surface area contributed by atoms with Gasteiger partial charge in [-0.1, -0.05) is 0 Å². The summed E-state index contributed by atoms with van der Waals surface area (Å²) in [5, 5.41) is 6.44. The van der Waals surface area contributed by atoms with Crippen LogP contribution in [0, 0.1) is 11.6 Å². The summed E-state index contributed by atoms with van der Waals surface area (Å²) in [6.45, 7) is 8.67. The first-order valence-corrected chi connectivity index (χ1v) is 12.9. The number of nitrogens with zero attached hydrogens (tertiary/aromatic N) is 5. The Morgan fingerprint density at radius 3 is 2.68 bits per heavy atom. The van der Waals surface area contributed by atoms with Gasteiger partial charge in [-0.05, 0) is 63.9 Å². The lowest BCUT2D eigenvalue weighted by Gasteiger charge is -2.39. The van der Waals surface area contributed by atoms with Crippen molar-refractivity contribution in [2.45, 2.75) is 44.8 Å². The maximum absolute atomic E-state index is 15.3. The number of fused-ring (bicyclic) bond motifs is 1. The van der Waals surface area contributed by atoms with Gasteiger partial charge in [-0.2, -0.15) is 0 Å². The molecule has 3 aromatic rings. The van der Waals surface area contributed by atoms with Gasteiger partial charge < -0.3 is 25.2 Å². The molecule has 8 nitrogen and oxygen atoms in total. The van der Waals surface area contributed by atoms with Crippen LogP contribution in [-0.4, -0.2) is 59.3 Å². The lowest BCUT2D eigenvalue weighted by molar-refractivity contribution is 0.160. The molecule has 194 valence electrons. The molecule has 2 aliphatic heterocycles. The van der Waals surface area contributed by atoms with Crippen molar-refractivity contribution in [1.82, 2.24) is 20.3 Å². The van der Waals surface area contributed by atoms with Crippen molar-refractivity contribution < 1.29 is 13.5 Å². The SMILES string of the molecule is CC(C)N1CC2(CC2)Oc2c(F)cc(-c3nc(Nc4ccc(N5CCCNCC5)cn4)ncc3F)cc21. The van der Waals surface area contributed by atoms with Gasteiger partial charge in [0.2, 0.25) is 5.95 Å². The molecule has 3 aliphatic rings. The molecule has 10 heteroatoms. The standard InChI is InChI=1S/C27H31F2N7O/c1-17(2)36-16-27(6-7-27)37-25-20(28)12-18(13-22(25)36)24-21(29)15-32-26(34-24)33-23-5-4-19(14-31-23)35-10-3-8-30-9-11-35/h4-5,12-15,17,30H,3,6-11,16H2,1-2H3,(H,31,32,33,34). The van der Waals surface area contributed by atoms with E-state index in [9.17, 15) is 4.39 Å². The van der Waals surface area contributed by atoms with E-state index in [0.29, 0.717) is 23.6 Å². The molecule has 0 unspecified atom stereocenters. The Morgan fingerprint density at radius 1 is 1.05 bits per heavy atom. The Kier molecular flexibility index (Phi) is 6.06. The van der Waals surface area contributed by atoms with Crippen LogP contribution in [0.2, 0.25) is 0 Å². The number of ether oxygens (including phenoxy) is 1. The van der Waals surface area contributed by atoms with E-state index in [4.69, 9.17) is 4.74 Å². The zero-order valence-corrected chi connectivity index (χ0v) is 21.1. The van der Waals surface area contributed by atoms with E-state index >= 15 is 4.39 Å². The number of benzene rings is 1. The number of anilines is 4. The van der Waals surface area contributed by atoms with Crippen LogP contribution in [0.25, 0.3) is 11.3 Å². The Balaban J connectivity index is 1.26. The van der Waals surface area contributed by atoms with Crippen molar-refractivity contribution in [3.8, 4) is 17.0 Å². The first-order chi connectivity index (χ1) is 17.9. The third-order valence-corrected chi connectivity index (χ3v) is 7.25. The molecule has 2 N–H and O–H groups in total. The first kappa shape index (κ1) is 23.8. The summed E-state index contributed by atoms with van der Waals surface area (Å²) >= 11 is 0. The van der Waals surface area contributed by atoms with E-state index in [1.54, 1.807) is 6.07 Å². The molecule has 1 saturated carbocycles. The van der Waals surface area contributed by atoms with Gasteiger partial charge in [-0.15, -0.1) is 0 Å². The molecule has 2 aromatic heterocycles. The van der Waals surface area contributed by atoms with Crippen molar-refractivity contribution >= 4 is 23.1 Å². The number of hydrogen-bond acceptors (Lipinski definition) is 8. The zero-order chi connectivity index (χ0) is 25.6. The highest BCUT2D eigenvalue weighted by Crippen LogP contribution is 2.50. The van der Waals surface area contributed by atoms with Crippen LogP contribution < -0.4 is 25.2 Å². The molecule has 1 aliphatic carbocycles. The van der Waals surface area contributed by atoms with E-state index in [-0.39, 0.29) is 29.0 Å². The molecule has 1 saturated heterocycles. The summed E-state index contributed by atoms with van der Waals surface area (Å²) in [5.41, 5.74) is 1.71. The van der Waals surface area contributed by atoms with Crippen LogP contribution in [0.1, 0.15) is 33.1 Å². The van der Waals surface area contributed by atoms with Gasteiger partial charge in [0.1, 0.15) is 17.1 Å². The fourth-order valence-electron chi connectivity index (χ4n) is 5.03. The number of hydrogen-bond donors (Lipinski definition) is 2. The summed E-state index contributed by atoms with van der Waals surface area (Å²) in [7, 11) is 0. The maximum atomic E-state index is 15.3. The van der Waals surface area contributed by atoms with Gasteiger partial charge >= 0.3 is 0 Å². The fraction of sp³-hybridized carbons (Fsp3) is 0.444. The van der Waals surface area contributed by atoms with Gasteiger partial charge in [0.05, 0.1) is 30.3 Å². The average Bonchev–Trinajstić information content (AvgIpc) is 3.69. The molecule has 1 spiro atoms. The minimum Gasteiger partial charge on any atom is -0.480 e. The Hall–Kier alpha value is -3.53. The van der Waals surface area contributed by atoms with Crippen molar-refractivity contribution in [1.29, 1.82) is 0 Å². The van der Waals surface area contributed by atoms with Crippen LogP contribution in [0.15, 0.2) is 36.7 Å². The molecular weight excluding hydrogens is 476 g/mol. The van der Waals surface area contributed by atoms with Crippen LogP contribution in [0.3, 0.4) is 0 Å². The Morgan fingerprint density at radius 2 is 1.92 bits per heavy atom. The first-order valence-electron chi connectivity index (χ1n) is 12.9. The largest absolute Gasteiger partial charge is 0.480 e. The van der Waals surface area contributed by atoms with Crippen molar-refractivity contribution in [3.05, 3.63) is 48.3 Å². The molecule has 0 radical (unpaired) electrons. The third kappa shape index (κ3) is 4.77. The van der Waals surface area contributed by atoms with Crippen LogP contribution in [0.5, 0.6) is 5.75 Å². The predicted molar refractivity (Wildman–Crippen MR) is 140 cm³/mol. The summed E-state index contributed by atoms with van der Waals surface area (Å²) in [6, 6.07) is 7.03.